The predicted molar refractivity (Wildman–Crippen MR) is 109 cm³/mol. The van der Waals surface area contributed by atoms with Crippen molar-refractivity contribution in [3.05, 3.63) is 52.0 Å². The normalized spacial score (nSPS) is 10.6. The van der Waals surface area contributed by atoms with Gasteiger partial charge >= 0.3 is 0 Å². The summed E-state index contributed by atoms with van der Waals surface area (Å²) in [5.41, 5.74) is 8.25. The number of nitrogens with one attached hydrogen (secondary N) is 2. The Hall–Kier alpha value is -2.73. The molecule has 2 aromatic carbocycles. The van der Waals surface area contributed by atoms with Crippen molar-refractivity contribution in [1.29, 1.82) is 0 Å². The number of amides is 2. The number of carbonyl (C=O) groups excluding carboxylic acids is 2. The molecule has 2 amide bonds. The highest BCUT2D eigenvalue weighted by Crippen LogP contribution is 2.29. The second kappa shape index (κ2) is 8.77. The van der Waals surface area contributed by atoms with E-state index < -0.39 is 0 Å². The highest BCUT2D eigenvalue weighted by atomic mass is 35.5. The average molecular weight is 390 g/mol. The number of rotatable bonds is 6. The molecule has 2 aromatic rings. The molecule has 0 saturated carbocycles. The smallest absolute Gasteiger partial charge is 0.259 e. The van der Waals surface area contributed by atoms with Crippen molar-refractivity contribution in [2.75, 3.05) is 24.7 Å². The van der Waals surface area contributed by atoms with Crippen LogP contribution in [0.5, 0.6) is 5.75 Å². The molecule has 144 valence electrons. The number of hydrogen-bond acceptors (Lipinski definition) is 4. The summed E-state index contributed by atoms with van der Waals surface area (Å²) in [5.74, 6) is 0.178. The molecule has 0 aliphatic rings. The molecule has 0 spiro atoms. The van der Waals surface area contributed by atoms with Gasteiger partial charge in [-0.3, -0.25) is 9.59 Å². The van der Waals surface area contributed by atoms with E-state index in [0.29, 0.717) is 35.2 Å². The van der Waals surface area contributed by atoms with Crippen molar-refractivity contribution in [3.8, 4) is 5.75 Å². The fraction of sp³-hybridized carbons (Fsp3) is 0.300. The zero-order chi connectivity index (χ0) is 20.1. The average Bonchev–Trinajstić information content (AvgIpc) is 2.62. The Kier molecular flexibility index (Phi) is 6.69. The van der Waals surface area contributed by atoms with Crippen LogP contribution in [0.1, 0.15) is 40.1 Å². The summed E-state index contributed by atoms with van der Waals surface area (Å²) in [6.07, 6.45) is 0. The van der Waals surface area contributed by atoms with Gasteiger partial charge in [-0.15, -0.1) is 0 Å². The second-order valence-corrected chi connectivity index (χ2v) is 7.07. The molecule has 0 bridgehead atoms. The van der Waals surface area contributed by atoms with Crippen molar-refractivity contribution >= 4 is 34.8 Å². The molecule has 2 rings (SSSR count). The molecule has 0 saturated heterocycles. The summed E-state index contributed by atoms with van der Waals surface area (Å²) >= 11 is 6.02. The summed E-state index contributed by atoms with van der Waals surface area (Å²) in [6, 6.07) is 8.08. The van der Waals surface area contributed by atoms with Gasteiger partial charge in [0.2, 0.25) is 0 Å². The van der Waals surface area contributed by atoms with Gasteiger partial charge in [-0.2, -0.15) is 0 Å². The molecule has 0 heterocycles. The van der Waals surface area contributed by atoms with Crippen LogP contribution in [0.25, 0.3) is 0 Å². The molecule has 7 heteroatoms. The number of nitrogen functional groups attached to an aromatic ring is 1. The summed E-state index contributed by atoms with van der Waals surface area (Å²) < 4.78 is 5.21. The highest BCUT2D eigenvalue weighted by Gasteiger charge is 2.16. The molecule has 0 radical (unpaired) electrons. The maximum atomic E-state index is 12.6. The SMILES string of the molecule is COc1cc(N)c(Cl)cc1C(=O)Nc1ccc(C(=O)NCC(C)C)cc1C. The molecular formula is C20H24ClN3O3. The van der Waals surface area contributed by atoms with Crippen molar-refractivity contribution in [3.63, 3.8) is 0 Å². The number of ether oxygens (including phenoxy) is 1. The monoisotopic (exact) mass is 389 g/mol. The van der Waals surface area contributed by atoms with Crippen LogP contribution in [0.2, 0.25) is 5.02 Å². The standard InChI is InChI=1S/C20H24ClN3O3/c1-11(2)10-23-19(25)13-5-6-17(12(3)7-13)24-20(26)14-8-15(21)16(22)9-18(14)27-4/h5-9,11H,10,22H2,1-4H3,(H,23,25)(H,24,26). The molecule has 27 heavy (non-hydrogen) atoms. The van der Waals surface area contributed by atoms with Crippen LogP contribution in [0.15, 0.2) is 30.3 Å². The van der Waals surface area contributed by atoms with Gasteiger partial charge in [0.15, 0.2) is 0 Å². The van der Waals surface area contributed by atoms with E-state index in [2.05, 4.69) is 10.6 Å². The first-order valence-electron chi connectivity index (χ1n) is 8.56. The first-order valence-corrected chi connectivity index (χ1v) is 8.94. The fourth-order valence-corrected chi connectivity index (χ4v) is 2.61. The van der Waals surface area contributed by atoms with Gasteiger partial charge in [0.25, 0.3) is 11.8 Å². The number of methoxy groups -OCH3 is 1. The Morgan fingerprint density at radius 2 is 1.89 bits per heavy atom. The number of aryl methyl sites for hydroxylation is 1. The molecule has 0 fully saturated rings. The van der Waals surface area contributed by atoms with Crippen LogP contribution in [-0.2, 0) is 0 Å². The highest BCUT2D eigenvalue weighted by molar-refractivity contribution is 6.33. The lowest BCUT2D eigenvalue weighted by molar-refractivity contribution is 0.0948. The van der Waals surface area contributed by atoms with Crippen LogP contribution in [-0.4, -0.2) is 25.5 Å². The van der Waals surface area contributed by atoms with Gasteiger partial charge in [0, 0.05) is 23.9 Å². The van der Waals surface area contributed by atoms with Gasteiger partial charge in [-0.05, 0) is 42.7 Å². The van der Waals surface area contributed by atoms with Crippen molar-refractivity contribution in [2.45, 2.75) is 20.8 Å². The van der Waals surface area contributed by atoms with Crippen molar-refractivity contribution in [1.82, 2.24) is 5.32 Å². The second-order valence-electron chi connectivity index (χ2n) is 6.66. The van der Waals surface area contributed by atoms with E-state index in [4.69, 9.17) is 22.1 Å². The lowest BCUT2D eigenvalue weighted by Gasteiger charge is -2.14. The Morgan fingerprint density at radius 3 is 2.48 bits per heavy atom. The topological polar surface area (TPSA) is 93.4 Å². The minimum atomic E-state index is -0.381. The van der Waals surface area contributed by atoms with Gasteiger partial charge in [-0.1, -0.05) is 25.4 Å². The van der Waals surface area contributed by atoms with Crippen LogP contribution in [0.4, 0.5) is 11.4 Å². The number of carbonyl (C=O) groups is 2. The Labute approximate surface area is 164 Å². The van der Waals surface area contributed by atoms with Crippen LogP contribution in [0.3, 0.4) is 0 Å². The third-order valence-electron chi connectivity index (χ3n) is 3.97. The van der Waals surface area contributed by atoms with Gasteiger partial charge in [-0.25, -0.2) is 0 Å². The zero-order valence-electron chi connectivity index (χ0n) is 15.9. The summed E-state index contributed by atoms with van der Waals surface area (Å²) in [6.45, 7) is 6.49. The van der Waals surface area contributed by atoms with Gasteiger partial charge < -0.3 is 21.1 Å². The molecule has 0 aliphatic heterocycles. The van der Waals surface area contributed by atoms with Crippen molar-refractivity contribution < 1.29 is 14.3 Å². The zero-order valence-corrected chi connectivity index (χ0v) is 16.6. The maximum absolute atomic E-state index is 12.6. The van der Waals surface area contributed by atoms with E-state index in [9.17, 15) is 9.59 Å². The third-order valence-corrected chi connectivity index (χ3v) is 4.30. The van der Waals surface area contributed by atoms with Crippen LogP contribution in [0, 0.1) is 12.8 Å². The Morgan fingerprint density at radius 1 is 1.19 bits per heavy atom. The molecule has 0 unspecified atom stereocenters. The van der Waals surface area contributed by atoms with Crippen LogP contribution < -0.4 is 21.1 Å². The largest absolute Gasteiger partial charge is 0.496 e. The summed E-state index contributed by atoms with van der Waals surface area (Å²) in [4.78, 5) is 24.8. The minimum Gasteiger partial charge on any atom is -0.496 e. The fourth-order valence-electron chi connectivity index (χ4n) is 2.45. The molecule has 0 atom stereocenters. The molecule has 6 nitrogen and oxygen atoms in total. The number of halogens is 1. The lowest BCUT2D eigenvalue weighted by atomic mass is 10.1. The third kappa shape index (κ3) is 5.14. The molecular weight excluding hydrogens is 366 g/mol. The lowest BCUT2D eigenvalue weighted by Crippen LogP contribution is -2.27. The first-order chi connectivity index (χ1) is 12.7. The van der Waals surface area contributed by atoms with E-state index in [1.165, 1.54) is 19.2 Å². The molecule has 4 N–H and O–H groups in total. The summed E-state index contributed by atoms with van der Waals surface area (Å²) in [7, 11) is 1.45. The minimum absolute atomic E-state index is 0.142. The number of anilines is 2. The Bertz CT molecular complexity index is 866. The van der Waals surface area contributed by atoms with E-state index in [0.717, 1.165) is 5.56 Å². The number of benzene rings is 2. The molecule has 0 aromatic heterocycles. The van der Waals surface area contributed by atoms with Gasteiger partial charge in [0.05, 0.1) is 23.4 Å². The summed E-state index contributed by atoms with van der Waals surface area (Å²) in [5, 5.41) is 5.96. The first kappa shape index (κ1) is 20.6. The van der Waals surface area contributed by atoms with Crippen molar-refractivity contribution in [2.24, 2.45) is 5.92 Å². The quantitative estimate of drug-likeness (QED) is 0.653. The van der Waals surface area contributed by atoms with E-state index in [1.54, 1.807) is 18.2 Å². The van der Waals surface area contributed by atoms with Crippen LogP contribution >= 0.6 is 11.6 Å². The maximum Gasteiger partial charge on any atom is 0.259 e. The number of nitrogens with two attached hydrogens (primary N) is 1. The Balaban J connectivity index is 2.19. The van der Waals surface area contributed by atoms with E-state index in [-0.39, 0.29) is 22.4 Å². The number of hydrogen-bond donors (Lipinski definition) is 3. The van der Waals surface area contributed by atoms with Gasteiger partial charge in [0.1, 0.15) is 5.75 Å². The van der Waals surface area contributed by atoms with E-state index >= 15 is 0 Å². The predicted octanol–water partition coefficient (Wildman–Crippen LogP) is 3.88. The van der Waals surface area contributed by atoms with E-state index in [1.807, 2.05) is 20.8 Å². The molecule has 0 aliphatic carbocycles.